The summed E-state index contributed by atoms with van der Waals surface area (Å²) in [5, 5.41) is 0. The number of hydrogen-bond donors (Lipinski definition) is 0. The van der Waals surface area contributed by atoms with Crippen LogP contribution in [0.4, 0.5) is 0 Å². The lowest BCUT2D eigenvalue weighted by Gasteiger charge is -2.45. The van der Waals surface area contributed by atoms with Crippen molar-refractivity contribution in [2.75, 3.05) is 26.2 Å². The summed E-state index contributed by atoms with van der Waals surface area (Å²) in [6, 6.07) is 22.1. The number of carbonyl (C=O) groups excluding carboxylic acids is 1. The van der Waals surface area contributed by atoms with Gasteiger partial charge in [0, 0.05) is 50.0 Å². The first-order chi connectivity index (χ1) is 12.6. The minimum absolute atomic E-state index is 0.0994. The van der Waals surface area contributed by atoms with Gasteiger partial charge in [0.15, 0.2) is 0 Å². The Bertz CT molecular complexity index is 704. The highest BCUT2D eigenvalue weighted by molar-refractivity contribution is 5.78. The molecule has 0 aliphatic carbocycles. The van der Waals surface area contributed by atoms with Gasteiger partial charge in [0.1, 0.15) is 0 Å². The molecule has 3 nitrogen and oxygen atoms in total. The molecular weight excluding hydrogens is 320 g/mol. The van der Waals surface area contributed by atoms with Gasteiger partial charge in [0.25, 0.3) is 0 Å². The molecule has 2 aromatic carbocycles. The first-order valence-electron chi connectivity index (χ1n) is 9.76. The van der Waals surface area contributed by atoms with E-state index in [4.69, 9.17) is 0 Å². The molecule has 26 heavy (non-hydrogen) atoms. The van der Waals surface area contributed by atoms with Gasteiger partial charge in [-0.3, -0.25) is 9.69 Å². The average molecular weight is 348 g/mol. The fraction of sp³-hybridized carbons (Fsp3) is 0.435. The van der Waals surface area contributed by atoms with Crippen molar-refractivity contribution in [2.45, 2.75) is 25.8 Å². The largest absolute Gasteiger partial charge is 0.341 e. The second-order valence-corrected chi connectivity index (χ2v) is 8.05. The van der Waals surface area contributed by atoms with Crippen LogP contribution in [-0.4, -0.2) is 47.9 Å². The van der Waals surface area contributed by atoms with E-state index in [0.29, 0.717) is 23.8 Å². The molecule has 3 heteroatoms. The number of benzene rings is 2. The number of amides is 1. The lowest BCUT2D eigenvalue weighted by molar-refractivity contribution is -0.133. The summed E-state index contributed by atoms with van der Waals surface area (Å²) in [6.07, 6.45) is 0. The van der Waals surface area contributed by atoms with E-state index in [1.807, 2.05) is 13.8 Å². The smallest absolute Gasteiger partial charge is 0.225 e. The standard InChI is InChI=1S/C23H28N2O/c1-17(2)23(26)25-14-20-13-24(22(20)16-25)15-21(18-9-5-3-6-10-18)19-11-7-4-8-12-19/h3-12,17,20-22H,13-16H2,1-2H3/t20-,22-/m0/s1. The van der Waals surface area contributed by atoms with E-state index in [-0.39, 0.29) is 5.92 Å². The van der Waals surface area contributed by atoms with E-state index >= 15 is 0 Å². The maximum atomic E-state index is 12.3. The molecule has 0 bridgehead atoms. The number of nitrogens with zero attached hydrogens (tertiary/aromatic N) is 2. The highest BCUT2D eigenvalue weighted by atomic mass is 16.2. The third kappa shape index (κ3) is 3.28. The Kier molecular flexibility index (Phi) is 4.82. The van der Waals surface area contributed by atoms with Crippen LogP contribution in [-0.2, 0) is 4.79 Å². The summed E-state index contributed by atoms with van der Waals surface area (Å²) in [4.78, 5) is 17.0. The van der Waals surface area contributed by atoms with Gasteiger partial charge < -0.3 is 4.90 Å². The summed E-state index contributed by atoms with van der Waals surface area (Å²) >= 11 is 0. The van der Waals surface area contributed by atoms with Crippen LogP contribution in [0.1, 0.15) is 30.9 Å². The van der Waals surface area contributed by atoms with Crippen LogP contribution in [0.25, 0.3) is 0 Å². The van der Waals surface area contributed by atoms with Gasteiger partial charge in [-0.2, -0.15) is 0 Å². The van der Waals surface area contributed by atoms with Gasteiger partial charge in [-0.1, -0.05) is 74.5 Å². The molecule has 2 atom stereocenters. The quantitative estimate of drug-likeness (QED) is 0.824. The van der Waals surface area contributed by atoms with Crippen LogP contribution in [0.15, 0.2) is 60.7 Å². The SMILES string of the molecule is CC(C)C(=O)N1C[C@@H]2CN(CC(c3ccccc3)c3ccccc3)[C@H]2C1. The second kappa shape index (κ2) is 7.24. The minimum Gasteiger partial charge on any atom is -0.341 e. The van der Waals surface area contributed by atoms with E-state index in [1.165, 1.54) is 11.1 Å². The maximum absolute atomic E-state index is 12.3. The molecule has 136 valence electrons. The molecule has 2 aliphatic rings. The maximum Gasteiger partial charge on any atom is 0.225 e. The molecule has 4 rings (SSSR count). The highest BCUT2D eigenvalue weighted by Crippen LogP contribution is 2.36. The van der Waals surface area contributed by atoms with Crippen molar-refractivity contribution >= 4 is 5.91 Å². The first-order valence-corrected chi connectivity index (χ1v) is 9.76. The van der Waals surface area contributed by atoms with Gasteiger partial charge >= 0.3 is 0 Å². The monoisotopic (exact) mass is 348 g/mol. The van der Waals surface area contributed by atoms with Gasteiger partial charge in [-0.25, -0.2) is 0 Å². The lowest BCUT2D eigenvalue weighted by Crippen LogP contribution is -2.56. The van der Waals surface area contributed by atoms with E-state index < -0.39 is 0 Å². The Hall–Kier alpha value is -2.13. The Morgan fingerprint density at radius 2 is 1.50 bits per heavy atom. The van der Waals surface area contributed by atoms with Crippen molar-refractivity contribution in [1.82, 2.24) is 9.80 Å². The second-order valence-electron chi connectivity index (χ2n) is 8.05. The number of fused-ring (bicyclic) bond motifs is 1. The summed E-state index contributed by atoms with van der Waals surface area (Å²) < 4.78 is 0. The minimum atomic E-state index is 0.0994. The van der Waals surface area contributed by atoms with Crippen LogP contribution < -0.4 is 0 Å². The fourth-order valence-electron chi connectivity index (χ4n) is 4.51. The predicted octanol–water partition coefficient (Wildman–Crippen LogP) is 3.62. The fourth-order valence-corrected chi connectivity index (χ4v) is 4.51. The highest BCUT2D eigenvalue weighted by Gasteiger charge is 2.47. The van der Waals surface area contributed by atoms with E-state index in [1.54, 1.807) is 0 Å². The summed E-state index contributed by atoms with van der Waals surface area (Å²) in [5.41, 5.74) is 2.74. The molecule has 0 radical (unpaired) electrons. The van der Waals surface area contributed by atoms with Crippen molar-refractivity contribution in [3.05, 3.63) is 71.8 Å². The third-order valence-corrected chi connectivity index (χ3v) is 5.97. The molecule has 2 saturated heterocycles. The van der Waals surface area contributed by atoms with Crippen LogP contribution in [0.3, 0.4) is 0 Å². The molecule has 0 aromatic heterocycles. The van der Waals surface area contributed by atoms with Crippen molar-refractivity contribution in [1.29, 1.82) is 0 Å². The molecule has 2 aromatic rings. The molecule has 0 N–H and O–H groups in total. The van der Waals surface area contributed by atoms with Crippen molar-refractivity contribution < 1.29 is 4.79 Å². The zero-order chi connectivity index (χ0) is 18.1. The Morgan fingerprint density at radius 1 is 0.923 bits per heavy atom. The summed E-state index contributed by atoms with van der Waals surface area (Å²) in [6.45, 7) is 7.99. The molecule has 0 unspecified atom stereocenters. The van der Waals surface area contributed by atoms with E-state index in [9.17, 15) is 4.79 Å². The van der Waals surface area contributed by atoms with Crippen LogP contribution in [0.5, 0.6) is 0 Å². The number of carbonyl (C=O) groups is 1. The van der Waals surface area contributed by atoms with Gasteiger partial charge in [0.05, 0.1) is 0 Å². The molecular formula is C23H28N2O. The average Bonchev–Trinajstić information content (AvgIpc) is 3.00. The van der Waals surface area contributed by atoms with Crippen molar-refractivity contribution in [2.24, 2.45) is 11.8 Å². The van der Waals surface area contributed by atoms with Crippen molar-refractivity contribution in [3.8, 4) is 0 Å². The third-order valence-electron chi connectivity index (χ3n) is 5.97. The van der Waals surface area contributed by atoms with E-state index in [0.717, 1.165) is 26.2 Å². The molecule has 0 spiro atoms. The van der Waals surface area contributed by atoms with Crippen LogP contribution in [0.2, 0.25) is 0 Å². The molecule has 2 heterocycles. The van der Waals surface area contributed by atoms with Crippen LogP contribution >= 0.6 is 0 Å². The number of hydrogen-bond acceptors (Lipinski definition) is 2. The van der Waals surface area contributed by atoms with E-state index in [2.05, 4.69) is 70.5 Å². The van der Waals surface area contributed by atoms with Gasteiger partial charge in [-0.15, -0.1) is 0 Å². The summed E-state index contributed by atoms with van der Waals surface area (Å²) in [5.74, 6) is 1.45. The number of likely N-dealkylation sites (tertiary alicyclic amines) is 2. The molecule has 2 aliphatic heterocycles. The molecule has 0 saturated carbocycles. The number of rotatable bonds is 5. The Morgan fingerprint density at radius 3 is 2.04 bits per heavy atom. The predicted molar refractivity (Wildman–Crippen MR) is 105 cm³/mol. The molecule has 2 fully saturated rings. The zero-order valence-corrected chi connectivity index (χ0v) is 15.7. The normalized spacial score (nSPS) is 22.5. The Labute approximate surface area is 156 Å². The summed E-state index contributed by atoms with van der Waals surface area (Å²) in [7, 11) is 0. The zero-order valence-electron chi connectivity index (χ0n) is 15.7. The first kappa shape index (κ1) is 17.3. The Balaban J connectivity index is 1.49. The lowest BCUT2D eigenvalue weighted by atomic mass is 9.86. The van der Waals surface area contributed by atoms with Gasteiger partial charge in [-0.05, 0) is 11.1 Å². The molecule has 1 amide bonds. The topological polar surface area (TPSA) is 23.6 Å². The van der Waals surface area contributed by atoms with Gasteiger partial charge in [0.2, 0.25) is 5.91 Å². The van der Waals surface area contributed by atoms with Crippen molar-refractivity contribution in [3.63, 3.8) is 0 Å². The van der Waals surface area contributed by atoms with Crippen LogP contribution in [0, 0.1) is 11.8 Å².